The quantitative estimate of drug-likeness (QED) is 0.553. The number of benzene rings is 2. The van der Waals surface area contributed by atoms with Crippen molar-refractivity contribution in [3.8, 4) is 11.8 Å². The molecule has 8 nitrogen and oxygen atoms in total. The molecule has 2 aromatic rings. The molecule has 1 aliphatic carbocycles. The number of hydrogen-bond donors (Lipinski definition) is 2. The summed E-state index contributed by atoms with van der Waals surface area (Å²) in [6.07, 6.45) is 1.28. The second kappa shape index (κ2) is 9.58. The van der Waals surface area contributed by atoms with Crippen molar-refractivity contribution in [3.63, 3.8) is 0 Å². The number of hydrogen-bond acceptors (Lipinski definition) is 5. The van der Waals surface area contributed by atoms with E-state index in [-0.39, 0.29) is 36.9 Å². The zero-order valence-electron chi connectivity index (χ0n) is 18.6. The molecule has 1 heterocycles. The topological polar surface area (TPSA) is 115 Å². The first-order chi connectivity index (χ1) is 16.3. The number of sulfonamides is 1. The molecular formula is C25H26N2O6S. The third-order valence-electron chi connectivity index (χ3n) is 6.45. The van der Waals surface area contributed by atoms with E-state index in [4.69, 9.17) is 5.11 Å². The van der Waals surface area contributed by atoms with Crippen LogP contribution >= 0.6 is 0 Å². The molecule has 0 radical (unpaired) electrons. The summed E-state index contributed by atoms with van der Waals surface area (Å²) in [4.78, 5) is 26.3. The summed E-state index contributed by atoms with van der Waals surface area (Å²) in [6.45, 7) is 0.239. The number of aliphatic hydroxyl groups excluding tert-OH is 1. The molecule has 4 rings (SSSR count). The molecule has 2 aromatic carbocycles. The van der Waals surface area contributed by atoms with E-state index < -0.39 is 27.4 Å². The number of likely N-dealkylation sites (tertiary alicyclic amines) is 1. The normalized spacial score (nSPS) is 21.9. The van der Waals surface area contributed by atoms with Gasteiger partial charge in [-0.25, -0.2) is 8.42 Å². The van der Waals surface area contributed by atoms with E-state index in [1.54, 1.807) is 29.2 Å². The summed E-state index contributed by atoms with van der Waals surface area (Å²) in [7, 11) is -4.21. The third-order valence-corrected chi connectivity index (χ3v) is 8.40. The van der Waals surface area contributed by atoms with Crippen LogP contribution in [0.2, 0.25) is 0 Å². The van der Waals surface area contributed by atoms with Crippen LogP contribution in [0.1, 0.15) is 36.3 Å². The lowest BCUT2D eigenvalue weighted by Gasteiger charge is -2.31. The Morgan fingerprint density at radius 1 is 1.15 bits per heavy atom. The van der Waals surface area contributed by atoms with E-state index in [2.05, 4.69) is 11.8 Å². The molecule has 9 heteroatoms. The molecule has 2 fully saturated rings. The molecule has 0 bridgehead atoms. The maximum absolute atomic E-state index is 13.8. The predicted molar refractivity (Wildman–Crippen MR) is 124 cm³/mol. The van der Waals surface area contributed by atoms with Crippen LogP contribution in [0, 0.1) is 11.8 Å². The Hall–Kier alpha value is -3.19. The van der Waals surface area contributed by atoms with Crippen molar-refractivity contribution in [2.45, 2.75) is 35.6 Å². The van der Waals surface area contributed by atoms with Crippen LogP contribution in [-0.2, 0) is 19.6 Å². The lowest BCUT2D eigenvalue weighted by Crippen LogP contribution is -2.51. The lowest BCUT2D eigenvalue weighted by atomic mass is 10.1. The van der Waals surface area contributed by atoms with Crippen molar-refractivity contribution in [2.24, 2.45) is 0 Å². The van der Waals surface area contributed by atoms with Crippen LogP contribution < -0.4 is 0 Å². The molecule has 34 heavy (non-hydrogen) atoms. The minimum absolute atomic E-state index is 0.0471. The number of amides is 1. The van der Waals surface area contributed by atoms with Crippen molar-refractivity contribution in [2.75, 3.05) is 26.2 Å². The average Bonchev–Trinajstić information content (AvgIpc) is 3.46. The fraction of sp³-hybridized carbons (Fsp3) is 0.360. The Labute approximate surface area is 198 Å². The van der Waals surface area contributed by atoms with Crippen LogP contribution in [0.15, 0.2) is 59.5 Å². The number of carboxylic acid groups (broad SMARTS) is 1. The van der Waals surface area contributed by atoms with Gasteiger partial charge in [0.15, 0.2) is 0 Å². The fourth-order valence-electron chi connectivity index (χ4n) is 4.62. The number of nitrogens with zero attached hydrogens (tertiary/aromatic N) is 2. The van der Waals surface area contributed by atoms with E-state index in [0.29, 0.717) is 24.9 Å². The number of aliphatic carboxylic acids is 1. The van der Waals surface area contributed by atoms with Gasteiger partial charge in [-0.3, -0.25) is 9.59 Å². The van der Waals surface area contributed by atoms with E-state index in [1.165, 1.54) is 24.3 Å². The summed E-state index contributed by atoms with van der Waals surface area (Å²) in [5.74, 6) is 3.46. The van der Waals surface area contributed by atoms with E-state index >= 15 is 0 Å². The standard InChI is InChI=1S/C25H26N2O6S/c28-17-5-6-19-10-12-21(13-11-19)34(32,33)27(16-15-26-14-4-9-23(26)29)25(24(30)31)18-22(25)20-7-2-1-3-8-20/h1-3,7-8,10-13,22,28H,4,9,14-18H2,(H,30,31)/t22-,25+/m0/s1. The molecule has 0 spiro atoms. The summed E-state index contributed by atoms with van der Waals surface area (Å²) >= 11 is 0. The Kier molecular flexibility index (Phi) is 6.75. The van der Waals surface area contributed by atoms with E-state index in [0.717, 1.165) is 9.87 Å². The van der Waals surface area contributed by atoms with Gasteiger partial charge < -0.3 is 15.1 Å². The molecule has 0 unspecified atom stereocenters. The van der Waals surface area contributed by atoms with Gasteiger partial charge in [0.1, 0.15) is 12.1 Å². The molecule has 178 valence electrons. The minimum atomic E-state index is -4.21. The van der Waals surface area contributed by atoms with Gasteiger partial charge in [-0.1, -0.05) is 42.2 Å². The zero-order chi connectivity index (χ0) is 24.3. The van der Waals surface area contributed by atoms with Gasteiger partial charge in [-0.15, -0.1) is 0 Å². The number of carbonyl (C=O) groups is 2. The smallest absolute Gasteiger partial charge is 0.325 e. The molecule has 1 saturated heterocycles. The summed E-state index contributed by atoms with van der Waals surface area (Å²) in [5.41, 5.74) is -0.334. The van der Waals surface area contributed by atoms with Crippen molar-refractivity contribution >= 4 is 21.9 Å². The molecule has 1 amide bonds. The SMILES string of the molecule is O=C1CCCN1CCN([C@]1(C(=O)O)C[C@H]1c1ccccc1)S(=O)(=O)c1ccc(C#CCO)cc1. The van der Waals surface area contributed by atoms with Gasteiger partial charge in [-0.2, -0.15) is 4.31 Å². The minimum Gasteiger partial charge on any atom is -0.480 e. The lowest BCUT2D eigenvalue weighted by molar-refractivity contribution is -0.143. The monoisotopic (exact) mass is 482 g/mol. The van der Waals surface area contributed by atoms with Gasteiger partial charge in [0.25, 0.3) is 0 Å². The highest BCUT2D eigenvalue weighted by atomic mass is 32.2. The number of carboxylic acids is 1. The molecule has 2 N–H and O–H groups in total. The Morgan fingerprint density at radius 3 is 2.44 bits per heavy atom. The van der Waals surface area contributed by atoms with E-state index in [1.807, 2.05) is 6.07 Å². The zero-order valence-corrected chi connectivity index (χ0v) is 19.4. The largest absolute Gasteiger partial charge is 0.480 e. The molecular weight excluding hydrogens is 456 g/mol. The first-order valence-corrected chi connectivity index (χ1v) is 12.5. The molecule has 1 aliphatic heterocycles. The summed E-state index contributed by atoms with van der Waals surface area (Å²) in [5, 5.41) is 19.1. The van der Waals surface area contributed by atoms with Crippen LogP contribution in [0.3, 0.4) is 0 Å². The van der Waals surface area contributed by atoms with Gasteiger partial charge in [0.05, 0.1) is 4.90 Å². The number of rotatable bonds is 8. The van der Waals surface area contributed by atoms with Crippen LogP contribution in [-0.4, -0.2) is 71.5 Å². The van der Waals surface area contributed by atoms with E-state index in [9.17, 15) is 23.1 Å². The first kappa shape index (κ1) is 24.0. The molecule has 2 aliphatic rings. The van der Waals surface area contributed by atoms with Crippen LogP contribution in [0.4, 0.5) is 0 Å². The Balaban J connectivity index is 1.71. The number of carbonyl (C=O) groups excluding carboxylic acids is 1. The van der Waals surface area contributed by atoms with Crippen molar-refractivity contribution in [3.05, 3.63) is 65.7 Å². The predicted octanol–water partition coefficient (Wildman–Crippen LogP) is 1.65. The van der Waals surface area contributed by atoms with Gasteiger partial charge in [0.2, 0.25) is 15.9 Å². The molecule has 0 aromatic heterocycles. The van der Waals surface area contributed by atoms with Crippen LogP contribution in [0.25, 0.3) is 0 Å². The van der Waals surface area contributed by atoms with Gasteiger partial charge in [-0.05, 0) is 42.7 Å². The number of aliphatic hydroxyl groups is 1. The van der Waals surface area contributed by atoms with Gasteiger partial charge in [0, 0.05) is 37.5 Å². The highest BCUT2D eigenvalue weighted by molar-refractivity contribution is 7.89. The Morgan fingerprint density at radius 2 is 1.85 bits per heavy atom. The highest BCUT2D eigenvalue weighted by Gasteiger charge is 2.67. The van der Waals surface area contributed by atoms with Crippen LogP contribution in [0.5, 0.6) is 0 Å². The fourth-order valence-corrected chi connectivity index (χ4v) is 6.38. The molecule has 1 saturated carbocycles. The van der Waals surface area contributed by atoms with Crippen molar-refractivity contribution in [1.82, 2.24) is 9.21 Å². The highest BCUT2D eigenvalue weighted by Crippen LogP contribution is 2.57. The third kappa shape index (κ3) is 4.44. The van der Waals surface area contributed by atoms with Gasteiger partial charge >= 0.3 is 5.97 Å². The van der Waals surface area contributed by atoms with Crippen molar-refractivity contribution < 1.29 is 28.2 Å². The summed E-state index contributed by atoms with van der Waals surface area (Å²) < 4.78 is 28.7. The second-order valence-electron chi connectivity index (χ2n) is 8.44. The van der Waals surface area contributed by atoms with Crippen molar-refractivity contribution in [1.29, 1.82) is 0 Å². The maximum atomic E-state index is 13.8. The first-order valence-electron chi connectivity index (χ1n) is 11.1. The summed E-state index contributed by atoms with van der Waals surface area (Å²) in [6, 6.07) is 14.8. The average molecular weight is 483 g/mol. The Bertz CT molecular complexity index is 1230. The maximum Gasteiger partial charge on any atom is 0.325 e. The molecule has 2 atom stereocenters. The second-order valence-corrected chi connectivity index (χ2v) is 10.3.